The predicted octanol–water partition coefficient (Wildman–Crippen LogP) is 4.69. The topological polar surface area (TPSA) is 47.6 Å². The maximum absolute atomic E-state index is 11.9. The van der Waals surface area contributed by atoms with Crippen LogP contribution >= 0.6 is 15.9 Å². The van der Waals surface area contributed by atoms with Crippen LogP contribution in [0.4, 0.5) is 10.5 Å². The number of hydrogen-bond donors (Lipinski definition) is 1. The molecule has 0 aliphatic carbocycles. The minimum Gasteiger partial charge on any atom is -0.497 e. The van der Waals surface area contributed by atoms with Crippen molar-refractivity contribution in [3.05, 3.63) is 52.0 Å². The van der Waals surface area contributed by atoms with E-state index in [2.05, 4.69) is 21.2 Å². The first-order valence-corrected chi connectivity index (χ1v) is 7.18. The molecule has 0 radical (unpaired) electrons. The van der Waals surface area contributed by atoms with Gasteiger partial charge < -0.3 is 9.47 Å². The highest BCUT2D eigenvalue weighted by atomic mass is 79.9. The van der Waals surface area contributed by atoms with Crippen LogP contribution in [0.2, 0.25) is 0 Å². The van der Waals surface area contributed by atoms with Crippen molar-refractivity contribution in [2.75, 3.05) is 12.4 Å². The molecule has 1 amide bonds. The number of anilines is 1. The molecule has 4 nitrogen and oxygen atoms in total. The summed E-state index contributed by atoms with van der Waals surface area (Å²) in [6.45, 7) is 3.97. The van der Waals surface area contributed by atoms with Crippen LogP contribution in [0.15, 0.2) is 40.9 Å². The summed E-state index contributed by atoms with van der Waals surface area (Å²) >= 11 is 3.39. The number of carbonyl (C=O) groups excluding carboxylic acids is 1. The summed E-state index contributed by atoms with van der Waals surface area (Å²) in [7, 11) is 1.57. The first kappa shape index (κ1) is 15.4. The molecule has 110 valence electrons. The lowest BCUT2D eigenvalue weighted by molar-refractivity contribution is 0.215. The normalized spacial score (nSPS) is 10.1. The summed E-state index contributed by atoms with van der Waals surface area (Å²) in [6, 6.07) is 10.8. The van der Waals surface area contributed by atoms with E-state index in [4.69, 9.17) is 9.47 Å². The quantitative estimate of drug-likeness (QED) is 0.874. The Balaban J connectivity index is 2.09. The molecular weight excluding hydrogens is 334 g/mol. The van der Waals surface area contributed by atoms with E-state index in [0.717, 1.165) is 15.6 Å². The summed E-state index contributed by atoms with van der Waals surface area (Å²) < 4.78 is 11.2. The Morgan fingerprint density at radius 2 is 1.86 bits per heavy atom. The standard InChI is InChI=1S/C16H16BrNO3/c1-10-7-14(17)15(8-11(10)2)21-16(19)18-12-5-4-6-13(9-12)20-3/h4-9H,1-3H3,(H,18,19). The van der Waals surface area contributed by atoms with E-state index in [1.807, 2.05) is 26.0 Å². The summed E-state index contributed by atoms with van der Waals surface area (Å²) in [4.78, 5) is 11.9. The number of carbonyl (C=O) groups is 1. The number of ether oxygens (including phenoxy) is 2. The number of methoxy groups -OCH3 is 1. The van der Waals surface area contributed by atoms with Crippen molar-refractivity contribution in [3.8, 4) is 11.5 Å². The third-order valence-corrected chi connectivity index (χ3v) is 3.69. The molecule has 2 rings (SSSR count). The molecule has 21 heavy (non-hydrogen) atoms. The molecule has 0 atom stereocenters. The van der Waals surface area contributed by atoms with Crippen LogP contribution in [-0.2, 0) is 0 Å². The Labute approximate surface area is 132 Å². The van der Waals surface area contributed by atoms with Crippen LogP contribution in [0, 0.1) is 13.8 Å². The van der Waals surface area contributed by atoms with Crippen molar-refractivity contribution in [3.63, 3.8) is 0 Å². The number of halogens is 1. The van der Waals surface area contributed by atoms with Crippen LogP contribution in [0.5, 0.6) is 11.5 Å². The summed E-state index contributed by atoms with van der Waals surface area (Å²) in [5.41, 5.74) is 2.80. The average molecular weight is 350 g/mol. The summed E-state index contributed by atoms with van der Waals surface area (Å²) in [5, 5.41) is 2.66. The van der Waals surface area contributed by atoms with Gasteiger partial charge in [0.15, 0.2) is 0 Å². The number of rotatable bonds is 3. The van der Waals surface area contributed by atoms with Crippen molar-refractivity contribution in [1.29, 1.82) is 0 Å². The Morgan fingerprint density at radius 3 is 2.57 bits per heavy atom. The number of nitrogens with one attached hydrogen (secondary N) is 1. The van der Waals surface area contributed by atoms with Crippen LogP contribution < -0.4 is 14.8 Å². The Hall–Kier alpha value is -2.01. The lowest BCUT2D eigenvalue weighted by Gasteiger charge is -2.11. The highest BCUT2D eigenvalue weighted by Crippen LogP contribution is 2.28. The second-order valence-electron chi connectivity index (χ2n) is 4.61. The first-order chi connectivity index (χ1) is 9.99. The second-order valence-corrected chi connectivity index (χ2v) is 5.47. The zero-order valence-electron chi connectivity index (χ0n) is 12.1. The smallest absolute Gasteiger partial charge is 0.417 e. The van der Waals surface area contributed by atoms with E-state index in [1.54, 1.807) is 31.4 Å². The monoisotopic (exact) mass is 349 g/mol. The zero-order valence-corrected chi connectivity index (χ0v) is 13.7. The van der Waals surface area contributed by atoms with Gasteiger partial charge in [-0.05, 0) is 65.2 Å². The highest BCUT2D eigenvalue weighted by molar-refractivity contribution is 9.10. The molecule has 0 bridgehead atoms. The fraction of sp³-hybridized carbons (Fsp3) is 0.188. The third-order valence-electron chi connectivity index (χ3n) is 3.07. The van der Waals surface area contributed by atoms with Gasteiger partial charge in [0.1, 0.15) is 11.5 Å². The molecule has 5 heteroatoms. The summed E-state index contributed by atoms with van der Waals surface area (Å²) in [5.74, 6) is 1.15. The zero-order chi connectivity index (χ0) is 15.4. The van der Waals surface area contributed by atoms with E-state index in [0.29, 0.717) is 17.2 Å². The number of hydrogen-bond acceptors (Lipinski definition) is 3. The molecule has 0 fully saturated rings. The van der Waals surface area contributed by atoms with Gasteiger partial charge in [-0.1, -0.05) is 6.07 Å². The molecule has 0 unspecified atom stereocenters. The number of amides is 1. The van der Waals surface area contributed by atoms with E-state index < -0.39 is 6.09 Å². The Kier molecular flexibility index (Phi) is 4.85. The first-order valence-electron chi connectivity index (χ1n) is 6.39. The molecular formula is C16H16BrNO3. The fourth-order valence-corrected chi connectivity index (χ4v) is 2.32. The van der Waals surface area contributed by atoms with Gasteiger partial charge in [0.05, 0.1) is 11.6 Å². The minimum atomic E-state index is -0.549. The predicted molar refractivity (Wildman–Crippen MR) is 86.3 cm³/mol. The molecule has 0 heterocycles. The largest absolute Gasteiger partial charge is 0.497 e. The van der Waals surface area contributed by atoms with Crippen LogP contribution in [0.3, 0.4) is 0 Å². The van der Waals surface area contributed by atoms with Gasteiger partial charge in [0.2, 0.25) is 0 Å². The average Bonchev–Trinajstić information content (AvgIpc) is 2.45. The van der Waals surface area contributed by atoms with Gasteiger partial charge in [-0.25, -0.2) is 4.79 Å². The molecule has 0 aromatic heterocycles. The van der Waals surface area contributed by atoms with Crippen LogP contribution in [-0.4, -0.2) is 13.2 Å². The maximum Gasteiger partial charge on any atom is 0.417 e. The minimum absolute atomic E-state index is 0.485. The van der Waals surface area contributed by atoms with E-state index in [1.165, 1.54) is 0 Å². The van der Waals surface area contributed by atoms with Crippen molar-refractivity contribution in [2.45, 2.75) is 13.8 Å². The van der Waals surface area contributed by atoms with Gasteiger partial charge in [0, 0.05) is 11.8 Å². The lowest BCUT2D eigenvalue weighted by atomic mass is 10.1. The van der Waals surface area contributed by atoms with E-state index >= 15 is 0 Å². The fourth-order valence-electron chi connectivity index (χ4n) is 1.78. The van der Waals surface area contributed by atoms with Crippen LogP contribution in [0.25, 0.3) is 0 Å². The van der Waals surface area contributed by atoms with Gasteiger partial charge in [-0.2, -0.15) is 0 Å². The van der Waals surface area contributed by atoms with E-state index in [-0.39, 0.29) is 0 Å². The van der Waals surface area contributed by atoms with Crippen molar-refractivity contribution in [1.82, 2.24) is 0 Å². The Morgan fingerprint density at radius 1 is 1.14 bits per heavy atom. The molecule has 1 N–H and O–H groups in total. The van der Waals surface area contributed by atoms with Crippen molar-refractivity contribution in [2.24, 2.45) is 0 Å². The molecule has 2 aromatic rings. The van der Waals surface area contributed by atoms with Gasteiger partial charge >= 0.3 is 6.09 Å². The van der Waals surface area contributed by atoms with Gasteiger partial charge in [-0.15, -0.1) is 0 Å². The maximum atomic E-state index is 11.9. The SMILES string of the molecule is COc1cccc(NC(=O)Oc2cc(C)c(C)cc2Br)c1. The lowest BCUT2D eigenvalue weighted by Crippen LogP contribution is -2.17. The van der Waals surface area contributed by atoms with Crippen molar-refractivity contribution >= 4 is 27.7 Å². The molecule has 2 aromatic carbocycles. The molecule has 0 spiro atoms. The summed E-state index contributed by atoms with van der Waals surface area (Å²) in [6.07, 6.45) is -0.549. The molecule has 0 saturated carbocycles. The Bertz CT molecular complexity index is 671. The van der Waals surface area contributed by atoms with E-state index in [9.17, 15) is 4.79 Å². The molecule has 0 saturated heterocycles. The van der Waals surface area contributed by atoms with Crippen molar-refractivity contribution < 1.29 is 14.3 Å². The molecule has 0 aliphatic heterocycles. The third kappa shape index (κ3) is 3.98. The number of aryl methyl sites for hydroxylation is 2. The van der Waals surface area contributed by atoms with Crippen LogP contribution in [0.1, 0.15) is 11.1 Å². The van der Waals surface area contributed by atoms with Gasteiger partial charge in [-0.3, -0.25) is 5.32 Å². The highest BCUT2D eigenvalue weighted by Gasteiger charge is 2.10. The van der Waals surface area contributed by atoms with Gasteiger partial charge in [0.25, 0.3) is 0 Å². The number of benzene rings is 2. The second kappa shape index (κ2) is 6.63. The molecule has 0 aliphatic rings.